The molecule has 0 amide bonds. The first kappa shape index (κ1) is 11.6. The summed E-state index contributed by atoms with van der Waals surface area (Å²) in [6, 6.07) is 11.3. The highest BCUT2D eigenvalue weighted by Crippen LogP contribution is 2.20. The first-order chi connectivity index (χ1) is 8.74. The summed E-state index contributed by atoms with van der Waals surface area (Å²) in [6.45, 7) is 2.03. The molecule has 2 rings (SSSR count). The number of anilines is 1. The molecule has 2 aromatic rings. The second kappa shape index (κ2) is 4.99. The van der Waals surface area contributed by atoms with Crippen LogP contribution in [0.1, 0.15) is 5.56 Å². The fraction of sp³-hybridized carbons (Fsp3) is 0.0714. The van der Waals surface area contributed by atoms with E-state index >= 15 is 0 Å². The van der Waals surface area contributed by atoms with Crippen LogP contribution in [0.25, 0.3) is 10.9 Å². The number of hydrogen-bond acceptors (Lipinski definition) is 4. The van der Waals surface area contributed by atoms with Crippen molar-refractivity contribution < 1.29 is 0 Å². The third kappa shape index (κ3) is 2.28. The number of benzene rings is 1. The monoisotopic (exact) mass is 234 g/mol. The van der Waals surface area contributed by atoms with E-state index in [0.717, 1.165) is 22.2 Å². The van der Waals surface area contributed by atoms with Crippen molar-refractivity contribution in [1.82, 2.24) is 4.98 Å². The third-order valence-electron chi connectivity index (χ3n) is 2.58. The number of nitrogens with zero attached hydrogens (tertiary/aromatic N) is 3. The standard InChI is InChI=1S/C14H10N4/c1-10-4-5-17-14-6-12(2-3-13(10)14)18-9-11(7-15)8-16/h2-6,9,18H,1H3. The lowest BCUT2D eigenvalue weighted by Crippen LogP contribution is -1.91. The lowest BCUT2D eigenvalue weighted by atomic mass is 10.1. The Labute approximate surface area is 105 Å². The molecule has 1 aromatic carbocycles. The Bertz CT molecular complexity index is 686. The number of nitrogens with one attached hydrogen (secondary N) is 1. The average molecular weight is 234 g/mol. The van der Waals surface area contributed by atoms with Gasteiger partial charge in [-0.2, -0.15) is 10.5 Å². The van der Waals surface area contributed by atoms with Gasteiger partial charge in [0.1, 0.15) is 17.7 Å². The van der Waals surface area contributed by atoms with Crippen molar-refractivity contribution in [2.75, 3.05) is 5.32 Å². The van der Waals surface area contributed by atoms with Crippen LogP contribution in [0.2, 0.25) is 0 Å². The van der Waals surface area contributed by atoms with E-state index in [1.165, 1.54) is 6.20 Å². The lowest BCUT2D eigenvalue weighted by Gasteiger charge is -2.04. The Morgan fingerprint density at radius 3 is 2.78 bits per heavy atom. The molecule has 0 aliphatic rings. The van der Waals surface area contributed by atoms with Crippen molar-refractivity contribution in [2.24, 2.45) is 0 Å². The van der Waals surface area contributed by atoms with Crippen LogP contribution >= 0.6 is 0 Å². The number of allylic oxidation sites excluding steroid dienone is 1. The molecule has 0 bridgehead atoms. The number of fused-ring (bicyclic) bond motifs is 1. The minimum Gasteiger partial charge on any atom is -0.360 e. The first-order valence-corrected chi connectivity index (χ1v) is 5.37. The number of nitriles is 2. The van der Waals surface area contributed by atoms with E-state index in [-0.39, 0.29) is 5.57 Å². The van der Waals surface area contributed by atoms with Crippen molar-refractivity contribution in [3.05, 3.63) is 47.8 Å². The average Bonchev–Trinajstić information content (AvgIpc) is 2.40. The SMILES string of the molecule is Cc1ccnc2cc(NC=C(C#N)C#N)ccc12. The maximum Gasteiger partial charge on any atom is 0.145 e. The molecule has 0 unspecified atom stereocenters. The smallest absolute Gasteiger partial charge is 0.145 e. The van der Waals surface area contributed by atoms with Crippen LogP contribution in [0.4, 0.5) is 5.69 Å². The van der Waals surface area contributed by atoms with Gasteiger partial charge in [-0.1, -0.05) is 6.07 Å². The molecular weight excluding hydrogens is 224 g/mol. The predicted molar refractivity (Wildman–Crippen MR) is 69.4 cm³/mol. The van der Waals surface area contributed by atoms with Gasteiger partial charge in [-0.25, -0.2) is 0 Å². The van der Waals surface area contributed by atoms with Crippen LogP contribution in [-0.4, -0.2) is 4.98 Å². The van der Waals surface area contributed by atoms with E-state index < -0.39 is 0 Å². The fourth-order valence-electron chi connectivity index (χ4n) is 1.63. The molecule has 0 saturated heterocycles. The number of hydrogen-bond donors (Lipinski definition) is 1. The van der Waals surface area contributed by atoms with Gasteiger partial charge in [0.15, 0.2) is 0 Å². The Morgan fingerprint density at radius 1 is 1.28 bits per heavy atom. The zero-order chi connectivity index (χ0) is 13.0. The summed E-state index contributed by atoms with van der Waals surface area (Å²) in [6.07, 6.45) is 3.14. The molecule has 1 N–H and O–H groups in total. The van der Waals surface area contributed by atoms with Crippen molar-refractivity contribution >= 4 is 16.6 Å². The molecule has 0 radical (unpaired) electrons. The van der Waals surface area contributed by atoms with Crippen LogP contribution in [-0.2, 0) is 0 Å². The Balaban J connectivity index is 2.35. The first-order valence-electron chi connectivity index (χ1n) is 5.37. The van der Waals surface area contributed by atoms with Crippen LogP contribution in [0.5, 0.6) is 0 Å². The number of aromatic nitrogens is 1. The molecule has 0 fully saturated rings. The van der Waals surface area contributed by atoms with Crippen molar-refractivity contribution in [3.63, 3.8) is 0 Å². The van der Waals surface area contributed by atoms with Crippen molar-refractivity contribution in [2.45, 2.75) is 6.92 Å². The molecule has 1 aromatic heterocycles. The van der Waals surface area contributed by atoms with Crippen molar-refractivity contribution in [1.29, 1.82) is 10.5 Å². The van der Waals surface area contributed by atoms with Gasteiger partial charge >= 0.3 is 0 Å². The Morgan fingerprint density at radius 2 is 2.06 bits per heavy atom. The molecule has 0 atom stereocenters. The van der Waals surface area contributed by atoms with E-state index in [0.29, 0.717) is 0 Å². The highest BCUT2D eigenvalue weighted by Gasteiger charge is 1.99. The van der Waals surface area contributed by atoms with E-state index in [2.05, 4.69) is 10.3 Å². The van der Waals surface area contributed by atoms with Gasteiger partial charge in [0, 0.05) is 23.5 Å². The normalized spacial score (nSPS) is 9.28. The molecule has 4 nitrogen and oxygen atoms in total. The Hall–Kier alpha value is -2.85. The predicted octanol–water partition coefficient (Wildman–Crippen LogP) is 2.89. The summed E-state index contributed by atoms with van der Waals surface area (Å²) >= 11 is 0. The number of pyridine rings is 1. The highest BCUT2D eigenvalue weighted by molar-refractivity contribution is 5.85. The highest BCUT2D eigenvalue weighted by atomic mass is 14.8. The van der Waals surface area contributed by atoms with E-state index in [1.807, 2.05) is 31.2 Å². The second-order valence-electron chi connectivity index (χ2n) is 3.79. The van der Waals surface area contributed by atoms with Gasteiger partial charge in [-0.3, -0.25) is 4.98 Å². The van der Waals surface area contributed by atoms with Crippen molar-refractivity contribution in [3.8, 4) is 12.1 Å². The van der Waals surface area contributed by atoms with E-state index in [1.54, 1.807) is 18.3 Å². The topological polar surface area (TPSA) is 72.5 Å². The number of rotatable bonds is 2. The van der Waals surface area contributed by atoms with Gasteiger partial charge in [0.25, 0.3) is 0 Å². The van der Waals surface area contributed by atoms with Crippen LogP contribution in [0.15, 0.2) is 42.2 Å². The molecule has 4 heteroatoms. The van der Waals surface area contributed by atoms with Gasteiger partial charge < -0.3 is 5.32 Å². The molecule has 0 spiro atoms. The van der Waals surface area contributed by atoms with Gasteiger partial charge in [-0.15, -0.1) is 0 Å². The summed E-state index contributed by atoms with van der Waals surface area (Å²) < 4.78 is 0. The van der Waals surface area contributed by atoms with E-state index in [9.17, 15) is 0 Å². The summed E-state index contributed by atoms with van der Waals surface area (Å²) in [4.78, 5) is 4.28. The van der Waals surface area contributed by atoms with Crippen LogP contribution in [0.3, 0.4) is 0 Å². The van der Waals surface area contributed by atoms with Crippen LogP contribution in [0, 0.1) is 29.6 Å². The second-order valence-corrected chi connectivity index (χ2v) is 3.79. The lowest BCUT2D eigenvalue weighted by molar-refractivity contribution is 1.37. The molecule has 86 valence electrons. The summed E-state index contributed by atoms with van der Waals surface area (Å²) in [5, 5.41) is 21.2. The molecule has 18 heavy (non-hydrogen) atoms. The molecular formula is C14H10N4. The largest absolute Gasteiger partial charge is 0.360 e. The Kier molecular flexibility index (Phi) is 3.22. The minimum atomic E-state index is 0.0345. The molecule has 0 aliphatic heterocycles. The van der Waals surface area contributed by atoms with Gasteiger partial charge in [0.2, 0.25) is 0 Å². The quantitative estimate of drug-likeness (QED) is 0.811. The maximum absolute atomic E-state index is 8.62. The van der Waals surface area contributed by atoms with Gasteiger partial charge in [0.05, 0.1) is 5.52 Å². The number of aryl methyl sites for hydroxylation is 1. The maximum atomic E-state index is 8.62. The van der Waals surface area contributed by atoms with E-state index in [4.69, 9.17) is 10.5 Å². The summed E-state index contributed by atoms with van der Waals surface area (Å²) in [5.74, 6) is 0. The molecule has 0 saturated carbocycles. The van der Waals surface area contributed by atoms with Gasteiger partial charge in [-0.05, 0) is 30.7 Å². The summed E-state index contributed by atoms with van der Waals surface area (Å²) in [7, 11) is 0. The summed E-state index contributed by atoms with van der Waals surface area (Å²) in [5.41, 5.74) is 2.87. The zero-order valence-electron chi connectivity index (χ0n) is 9.81. The molecule has 1 heterocycles. The fourth-order valence-corrected chi connectivity index (χ4v) is 1.63. The zero-order valence-corrected chi connectivity index (χ0v) is 9.81. The minimum absolute atomic E-state index is 0.0345. The van der Waals surface area contributed by atoms with Crippen LogP contribution < -0.4 is 5.32 Å². The molecule has 0 aliphatic carbocycles. The third-order valence-corrected chi connectivity index (χ3v) is 2.58.